The van der Waals surface area contributed by atoms with Gasteiger partial charge in [0.1, 0.15) is 0 Å². The maximum Gasteiger partial charge on any atom is 0.00625 e. The molecule has 0 radical (unpaired) electrons. The predicted molar refractivity (Wildman–Crippen MR) is 303 cm³/mol. The molecule has 352 valence electrons. The number of benzene rings is 4. The Labute approximate surface area is 423 Å². The van der Waals surface area contributed by atoms with Crippen molar-refractivity contribution in [3.05, 3.63) is 266 Å². The third-order valence-corrected chi connectivity index (χ3v) is 17.0. The summed E-state index contributed by atoms with van der Waals surface area (Å²) in [6.07, 6.45) is 60.1. The maximum atomic E-state index is 2.64. The summed E-state index contributed by atoms with van der Waals surface area (Å²) >= 11 is 0. The van der Waals surface area contributed by atoms with Gasteiger partial charge in [-0.25, -0.2) is 0 Å². The monoisotopic (exact) mass is 921 g/mol. The van der Waals surface area contributed by atoms with Crippen molar-refractivity contribution in [2.24, 2.45) is 29.6 Å². The number of fused-ring (bicyclic) bond motifs is 3. The normalized spacial score (nSPS) is 26.5. The molecular weight excluding hydrogens is 853 g/mol. The highest BCUT2D eigenvalue weighted by Crippen LogP contribution is 2.50. The molecular formula is C71H68. The van der Waals surface area contributed by atoms with Gasteiger partial charge in [0.2, 0.25) is 0 Å². The Kier molecular flexibility index (Phi) is 12.9. The molecule has 0 spiro atoms. The Morgan fingerprint density at radius 3 is 2.24 bits per heavy atom. The fraction of sp³-hybridized carbons (Fsp3) is 0.268. The molecule has 0 nitrogen and oxygen atoms in total. The van der Waals surface area contributed by atoms with Gasteiger partial charge in [0.25, 0.3) is 0 Å². The molecule has 0 saturated carbocycles. The molecule has 4 aromatic carbocycles. The van der Waals surface area contributed by atoms with E-state index in [1.807, 2.05) is 0 Å². The van der Waals surface area contributed by atoms with E-state index < -0.39 is 0 Å². The maximum absolute atomic E-state index is 2.64. The third-order valence-electron chi connectivity index (χ3n) is 17.0. The highest BCUT2D eigenvalue weighted by Gasteiger charge is 2.37. The summed E-state index contributed by atoms with van der Waals surface area (Å²) in [5.74, 6) is 3.06. The molecule has 7 unspecified atom stereocenters. The lowest BCUT2D eigenvalue weighted by Gasteiger charge is -2.40. The first-order chi connectivity index (χ1) is 35.0. The summed E-state index contributed by atoms with van der Waals surface area (Å²) in [6.45, 7) is 4.86. The van der Waals surface area contributed by atoms with Crippen molar-refractivity contribution in [3.8, 4) is 11.1 Å². The van der Waals surface area contributed by atoms with Crippen molar-refractivity contribution in [3.63, 3.8) is 0 Å². The third kappa shape index (κ3) is 9.35. The highest BCUT2D eigenvalue weighted by molar-refractivity contribution is 5.91. The molecule has 8 aliphatic rings. The van der Waals surface area contributed by atoms with Crippen molar-refractivity contribution in [2.75, 3.05) is 0 Å². The van der Waals surface area contributed by atoms with E-state index in [1.54, 1.807) is 5.57 Å². The summed E-state index contributed by atoms with van der Waals surface area (Å²) in [5.41, 5.74) is 21.4. The van der Waals surface area contributed by atoms with E-state index in [0.717, 1.165) is 64.2 Å². The smallest absolute Gasteiger partial charge is 0.00625 e. The Morgan fingerprint density at radius 2 is 1.41 bits per heavy atom. The van der Waals surface area contributed by atoms with Crippen molar-refractivity contribution in [2.45, 2.75) is 89.9 Å². The Balaban J connectivity index is 0.914. The number of hydrogen-bond donors (Lipinski definition) is 0. The van der Waals surface area contributed by atoms with E-state index in [4.69, 9.17) is 0 Å². The average Bonchev–Trinajstić information content (AvgIpc) is 3.43. The molecule has 0 amide bonds. The van der Waals surface area contributed by atoms with Crippen molar-refractivity contribution >= 4 is 29.4 Å². The van der Waals surface area contributed by atoms with Crippen LogP contribution in [0.2, 0.25) is 0 Å². The van der Waals surface area contributed by atoms with Gasteiger partial charge in [0.05, 0.1) is 0 Å². The summed E-state index contributed by atoms with van der Waals surface area (Å²) < 4.78 is 0. The predicted octanol–water partition coefficient (Wildman–Crippen LogP) is 17.2. The molecule has 4 aromatic rings. The van der Waals surface area contributed by atoms with Gasteiger partial charge < -0.3 is 0 Å². The van der Waals surface area contributed by atoms with Gasteiger partial charge in [0.15, 0.2) is 0 Å². The molecule has 0 aliphatic heterocycles. The standard InChI is InChI=1S/C71H68/c1-48-16-13-25-62-44-60(40-41-65(48)62)53-32-37-55(38-33-53)69-47-64(46-68(71(69)56-21-7-4-8-22-56)54-35-30-52(31-36-54)59-39-34-51-20-9-10-23-57(51)43-59)58-24-15-27-63(45-58)70-49(2)42-61(66-28-11-12-29-67(66)70)26-14-19-50-17-5-3-6-18-50/h3-8,11-14,17-23,25,27-28,30,32-37,39,41-49,52,55,60,67,70H,9-10,15-16,24,26,29,31,38,40H2,1-2H3. The van der Waals surface area contributed by atoms with Crippen molar-refractivity contribution < 1.29 is 0 Å². The lowest BCUT2D eigenvalue weighted by Crippen LogP contribution is -2.30. The lowest BCUT2D eigenvalue weighted by atomic mass is 9.64. The van der Waals surface area contributed by atoms with E-state index in [0.29, 0.717) is 35.5 Å². The van der Waals surface area contributed by atoms with Gasteiger partial charge in [-0.1, -0.05) is 220 Å². The molecule has 0 aromatic heterocycles. The van der Waals surface area contributed by atoms with Crippen molar-refractivity contribution in [1.82, 2.24) is 0 Å². The van der Waals surface area contributed by atoms with Gasteiger partial charge in [-0.2, -0.15) is 0 Å². The number of allylic oxidation sites excluding steroid dienone is 25. The molecule has 0 heterocycles. The summed E-state index contributed by atoms with van der Waals surface area (Å²) in [6, 6.07) is 34.4. The lowest BCUT2D eigenvalue weighted by molar-refractivity contribution is 0.348. The minimum Gasteiger partial charge on any atom is -0.0839 e. The Morgan fingerprint density at radius 1 is 0.592 bits per heavy atom. The molecule has 0 fully saturated rings. The summed E-state index contributed by atoms with van der Waals surface area (Å²) in [5, 5.41) is 2.79. The molecule has 7 atom stereocenters. The Bertz CT molecular complexity index is 3280. The molecule has 0 N–H and O–H groups in total. The molecule has 8 aliphatic carbocycles. The van der Waals surface area contributed by atoms with Crippen LogP contribution in [0.3, 0.4) is 0 Å². The number of rotatable bonds is 10. The van der Waals surface area contributed by atoms with Crippen LogP contribution in [-0.2, 0) is 0 Å². The van der Waals surface area contributed by atoms with Crippen LogP contribution in [-0.4, -0.2) is 0 Å². The Hall–Kier alpha value is -6.76. The van der Waals surface area contributed by atoms with Crippen LogP contribution in [0.4, 0.5) is 0 Å². The molecule has 0 heteroatoms. The number of hydrogen-bond acceptors (Lipinski definition) is 0. The average molecular weight is 921 g/mol. The molecule has 0 saturated heterocycles. The highest BCUT2D eigenvalue weighted by atomic mass is 14.4. The van der Waals surface area contributed by atoms with Crippen LogP contribution in [0.5, 0.6) is 0 Å². The first kappa shape index (κ1) is 45.4. The zero-order valence-corrected chi connectivity index (χ0v) is 41.8. The topological polar surface area (TPSA) is 0 Å². The SMILES string of the molecule is CC1CC=CC2=CC(C3=CCC(c4cc(C5=CC(C6C(C)C=C(CC=Cc7ccccc7)C7=CC=CCC76)=CCC5)cc(C5=CCC(c6ccc7c(c6)=CCCC=7)C=C5)c4-c4ccccc4)C=C3)CC=C21. The first-order valence-corrected chi connectivity index (χ1v) is 27.1. The minimum absolute atomic E-state index is 0.271. The van der Waals surface area contributed by atoms with Crippen LogP contribution in [0.15, 0.2) is 228 Å². The quantitative estimate of drug-likeness (QED) is 0.149. The van der Waals surface area contributed by atoms with E-state index in [9.17, 15) is 0 Å². The van der Waals surface area contributed by atoms with Crippen LogP contribution in [0.1, 0.15) is 118 Å². The van der Waals surface area contributed by atoms with Gasteiger partial charge in [-0.05, 0) is 188 Å². The molecule has 71 heavy (non-hydrogen) atoms. The second-order valence-electron chi connectivity index (χ2n) is 21.6. The van der Waals surface area contributed by atoms with Gasteiger partial charge >= 0.3 is 0 Å². The van der Waals surface area contributed by atoms with Gasteiger partial charge in [0, 0.05) is 17.8 Å². The second-order valence-corrected chi connectivity index (χ2v) is 21.6. The van der Waals surface area contributed by atoms with E-state index in [-0.39, 0.29) is 5.92 Å². The first-order valence-electron chi connectivity index (χ1n) is 27.1. The van der Waals surface area contributed by atoms with Gasteiger partial charge in [-0.3, -0.25) is 0 Å². The van der Waals surface area contributed by atoms with Crippen LogP contribution >= 0.6 is 0 Å². The van der Waals surface area contributed by atoms with Crippen molar-refractivity contribution in [1.29, 1.82) is 0 Å². The molecule has 12 rings (SSSR count). The van der Waals surface area contributed by atoms with Crippen LogP contribution in [0.25, 0.3) is 40.5 Å². The molecule has 0 bridgehead atoms. The largest absolute Gasteiger partial charge is 0.0839 e. The summed E-state index contributed by atoms with van der Waals surface area (Å²) in [7, 11) is 0. The second kappa shape index (κ2) is 20.2. The van der Waals surface area contributed by atoms with E-state index >= 15 is 0 Å². The minimum atomic E-state index is 0.271. The van der Waals surface area contributed by atoms with Gasteiger partial charge in [-0.15, -0.1) is 0 Å². The van der Waals surface area contributed by atoms with E-state index in [1.165, 1.54) is 88.4 Å². The van der Waals surface area contributed by atoms with Crippen LogP contribution in [0, 0.1) is 29.6 Å². The zero-order chi connectivity index (χ0) is 47.7. The summed E-state index contributed by atoms with van der Waals surface area (Å²) in [4.78, 5) is 0. The van der Waals surface area contributed by atoms with E-state index in [2.05, 4.69) is 226 Å². The van der Waals surface area contributed by atoms with Crippen LogP contribution < -0.4 is 10.4 Å². The fourth-order valence-corrected chi connectivity index (χ4v) is 13.3. The zero-order valence-electron chi connectivity index (χ0n) is 41.8. The fourth-order valence-electron chi connectivity index (χ4n) is 13.3.